The van der Waals surface area contributed by atoms with Crippen molar-refractivity contribution in [2.24, 2.45) is 0 Å². The maximum absolute atomic E-state index is 4.66. The van der Waals surface area contributed by atoms with E-state index in [9.17, 15) is 0 Å². The minimum Gasteiger partial charge on any atom is -0.265 e. The molecule has 4 rings (SSSR count). The maximum atomic E-state index is 4.66. The Labute approximate surface area is 137 Å². The summed E-state index contributed by atoms with van der Waals surface area (Å²) in [6.45, 7) is 2.08. The first-order chi connectivity index (χ1) is 11.3. The third-order valence-electron chi connectivity index (χ3n) is 3.61. The van der Waals surface area contributed by atoms with Gasteiger partial charge in [-0.1, -0.05) is 6.92 Å². The highest BCUT2D eigenvalue weighted by Gasteiger charge is 2.28. The van der Waals surface area contributed by atoms with E-state index < -0.39 is 0 Å². The average molecular weight is 325 g/mol. The van der Waals surface area contributed by atoms with Crippen molar-refractivity contribution in [1.82, 2.24) is 35.2 Å². The Bertz CT molecular complexity index is 814. The molecule has 23 heavy (non-hydrogen) atoms. The van der Waals surface area contributed by atoms with Gasteiger partial charge in [-0.2, -0.15) is 0 Å². The van der Waals surface area contributed by atoms with Crippen molar-refractivity contribution in [2.75, 3.05) is 0 Å². The van der Waals surface area contributed by atoms with Crippen LogP contribution in [-0.2, 0) is 6.42 Å². The van der Waals surface area contributed by atoms with Gasteiger partial charge in [-0.05, 0) is 59.7 Å². The van der Waals surface area contributed by atoms with Crippen molar-refractivity contribution in [3.05, 3.63) is 36.3 Å². The predicted molar refractivity (Wildman–Crippen MR) is 84.9 cm³/mol. The number of nitrogens with zero attached hydrogens (tertiary/aromatic N) is 7. The molecule has 0 amide bonds. The molecule has 8 heteroatoms. The van der Waals surface area contributed by atoms with Crippen molar-refractivity contribution in [3.63, 3.8) is 0 Å². The maximum Gasteiger partial charge on any atom is 0.215 e. The molecule has 1 aliphatic carbocycles. The summed E-state index contributed by atoms with van der Waals surface area (Å²) < 4.78 is 1.89. The Morgan fingerprint density at radius 2 is 2.04 bits per heavy atom. The van der Waals surface area contributed by atoms with E-state index in [-0.39, 0.29) is 0 Å². The van der Waals surface area contributed by atoms with Crippen LogP contribution in [0.15, 0.2) is 40.8 Å². The summed E-state index contributed by atoms with van der Waals surface area (Å²) in [6, 6.07) is 6.27. The number of aryl methyl sites for hydroxylation is 1. The molecule has 3 heterocycles. The molecule has 0 radical (unpaired) electrons. The molecule has 0 N–H and O–H groups in total. The number of aromatic nitrogens is 7. The molecule has 0 atom stereocenters. The van der Waals surface area contributed by atoms with Gasteiger partial charge in [0, 0.05) is 23.7 Å². The minimum atomic E-state index is 0.444. The van der Waals surface area contributed by atoms with Crippen molar-refractivity contribution in [2.45, 2.75) is 42.4 Å². The van der Waals surface area contributed by atoms with E-state index >= 15 is 0 Å². The van der Waals surface area contributed by atoms with Crippen LogP contribution in [0.5, 0.6) is 0 Å². The first-order valence-electron chi connectivity index (χ1n) is 7.57. The number of hydrogen-bond acceptors (Lipinski definition) is 7. The van der Waals surface area contributed by atoms with Gasteiger partial charge in [-0.3, -0.25) is 4.98 Å². The largest absolute Gasteiger partial charge is 0.265 e. The quantitative estimate of drug-likeness (QED) is 0.667. The van der Waals surface area contributed by atoms with Crippen molar-refractivity contribution >= 4 is 11.8 Å². The number of tetrazole rings is 1. The second-order valence-corrected chi connectivity index (χ2v) is 6.34. The highest BCUT2D eigenvalue weighted by molar-refractivity contribution is 7.99. The summed E-state index contributed by atoms with van der Waals surface area (Å²) in [6.07, 6.45) is 6.63. The van der Waals surface area contributed by atoms with E-state index in [1.54, 1.807) is 12.4 Å². The van der Waals surface area contributed by atoms with Crippen LogP contribution in [-0.4, -0.2) is 35.2 Å². The van der Waals surface area contributed by atoms with Gasteiger partial charge in [-0.15, -0.1) is 5.10 Å². The molecule has 0 spiro atoms. The van der Waals surface area contributed by atoms with Gasteiger partial charge in [0.15, 0.2) is 5.82 Å². The third kappa shape index (κ3) is 3.07. The molecular weight excluding hydrogens is 310 g/mol. The van der Waals surface area contributed by atoms with Gasteiger partial charge in [0.2, 0.25) is 5.16 Å². The first-order valence-corrected chi connectivity index (χ1v) is 8.39. The lowest BCUT2D eigenvalue weighted by Crippen LogP contribution is -2.00. The Kier molecular flexibility index (Phi) is 3.74. The first kappa shape index (κ1) is 14.3. The fourth-order valence-electron chi connectivity index (χ4n) is 2.23. The molecule has 1 saturated carbocycles. The highest BCUT2D eigenvalue weighted by atomic mass is 32.2. The van der Waals surface area contributed by atoms with Gasteiger partial charge in [0.05, 0.1) is 6.04 Å². The fourth-order valence-corrected chi connectivity index (χ4v) is 3.10. The summed E-state index contributed by atoms with van der Waals surface area (Å²) in [7, 11) is 0. The van der Waals surface area contributed by atoms with Crippen LogP contribution >= 0.6 is 11.8 Å². The molecule has 0 bridgehead atoms. The highest BCUT2D eigenvalue weighted by Crippen LogP contribution is 2.37. The zero-order chi connectivity index (χ0) is 15.6. The normalized spacial score (nSPS) is 14.1. The van der Waals surface area contributed by atoms with E-state index in [0.29, 0.717) is 11.9 Å². The van der Waals surface area contributed by atoms with E-state index in [2.05, 4.69) is 37.4 Å². The van der Waals surface area contributed by atoms with E-state index in [0.717, 1.165) is 40.7 Å². The summed E-state index contributed by atoms with van der Waals surface area (Å²) in [5.74, 6) is 0.708. The fraction of sp³-hybridized carbons (Fsp3) is 0.333. The molecule has 0 aliphatic heterocycles. The van der Waals surface area contributed by atoms with E-state index in [1.165, 1.54) is 11.8 Å². The van der Waals surface area contributed by atoms with Crippen LogP contribution in [0.3, 0.4) is 0 Å². The Morgan fingerprint density at radius 1 is 1.22 bits per heavy atom. The summed E-state index contributed by atoms with van der Waals surface area (Å²) >= 11 is 1.49. The zero-order valence-electron chi connectivity index (χ0n) is 12.6. The van der Waals surface area contributed by atoms with Crippen LogP contribution < -0.4 is 0 Å². The van der Waals surface area contributed by atoms with Gasteiger partial charge < -0.3 is 0 Å². The molecule has 7 nitrogen and oxygen atoms in total. The number of pyridine rings is 1. The van der Waals surface area contributed by atoms with Crippen LogP contribution in [0.2, 0.25) is 0 Å². The lowest BCUT2D eigenvalue weighted by molar-refractivity contribution is 0.565. The van der Waals surface area contributed by atoms with Gasteiger partial charge >= 0.3 is 0 Å². The Morgan fingerprint density at radius 3 is 2.78 bits per heavy atom. The summed E-state index contributed by atoms with van der Waals surface area (Å²) in [4.78, 5) is 13.3. The number of hydrogen-bond donors (Lipinski definition) is 0. The molecular formula is C15H15N7S. The van der Waals surface area contributed by atoms with Gasteiger partial charge in [0.1, 0.15) is 5.03 Å². The van der Waals surface area contributed by atoms with Crippen molar-refractivity contribution in [3.8, 4) is 11.4 Å². The molecule has 1 fully saturated rings. The Balaban J connectivity index is 1.69. The topological polar surface area (TPSA) is 82.3 Å². The van der Waals surface area contributed by atoms with Crippen LogP contribution in [0.4, 0.5) is 0 Å². The number of rotatable bonds is 5. The van der Waals surface area contributed by atoms with Crippen LogP contribution in [0.1, 0.15) is 31.5 Å². The van der Waals surface area contributed by atoms with Gasteiger partial charge in [-0.25, -0.2) is 14.6 Å². The van der Waals surface area contributed by atoms with E-state index in [1.807, 2.05) is 22.9 Å². The monoisotopic (exact) mass is 325 g/mol. The van der Waals surface area contributed by atoms with Gasteiger partial charge in [0.25, 0.3) is 0 Å². The molecule has 116 valence electrons. The lowest BCUT2D eigenvalue weighted by Gasteiger charge is -2.07. The molecule has 0 aromatic carbocycles. The van der Waals surface area contributed by atoms with Crippen LogP contribution in [0.25, 0.3) is 11.4 Å². The second kappa shape index (κ2) is 6.04. The zero-order valence-corrected chi connectivity index (χ0v) is 13.4. The second-order valence-electron chi connectivity index (χ2n) is 5.35. The standard InChI is InChI=1S/C15H15N7S/c1-2-11-9-13(18-14(17-11)10-5-7-16-8-6-10)23-15-19-20-21-22(15)12-3-4-12/h5-9,12H,2-4H2,1H3. The minimum absolute atomic E-state index is 0.444. The van der Waals surface area contributed by atoms with E-state index in [4.69, 9.17) is 0 Å². The van der Waals surface area contributed by atoms with Crippen molar-refractivity contribution < 1.29 is 0 Å². The lowest BCUT2D eigenvalue weighted by atomic mass is 10.2. The smallest absolute Gasteiger partial charge is 0.215 e. The molecule has 0 unspecified atom stereocenters. The third-order valence-corrected chi connectivity index (χ3v) is 4.48. The summed E-state index contributed by atoms with van der Waals surface area (Å²) in [5, 5.41) is 13.6. The molecule has 1 aliphatic rings. The molecule has 3 aromatic rings. The SMILES string of the molecule is CCc1cc(Sc2nnnn2C2CC2)nc(-c2ccncc2)n1. The average Bonchev–Trinajstić information content (AvgIpc) is 3.35. The van der Waals surface area contributed by atoms with Crippen molar-refractivity contribution in [1.29, 1.82) is 0 Å². The Hall–Kier alpha value is -2.35. The predicted octanol–water partition coefficient (Wildman–Crippen LogP) is 2.57. The molecule has 0 saturated heterocycles. The summed E-state index contributed by atoms with van der Waals surface area (Å²) in [5.41, 5.74) is 1.96. The van der Waals surface area contributed by atoms with Crippen LogP contribution in [0, 0.1) is 0 Å². The molecule has 3 aromatic heterocycles.